The van der Waals surface area contributed by atoms with Gasteiger partial charge < -0.3 is 15.2 Å². The number of methoxy groups -OCH3 is 1. The predicted molar refractivity (Wildman–Crippen MR) is 66.1 cm³/mol. The molecule has 0 fully saturated rings. The highest BCUT2D eigenvalue weighted by Crippen LogP contribution is 2.31. The van der Waals surface area contributed by atoms with E-state index >= 15 is 0 Å². The van der Waals surface area contributed by atoms with Gasteiger partial charge in [-0.05, 0) is 17.5 Å². The van der Waals surface area contributed by atoms with Gasteiger partial charge >= 0.3 is 0 Å². The summed E-state index contributed by atoms with van der Waals surface area (Å²) in [5, 5.41) is 14.0. The molecule has 0 unspecified atom stereocenters. The van der Waals surface area contributed by atoms with E-state index in [-0.39, 0.29) is 18.3 Å². The van der Waals surface area contributed by atoms with Gasteiger partial charge in [-0.15, -0.1) is 0 Å². The average molecular weight is 231 g/mol. The van der Waals surface area contributed by atoms with Crippen LogP contribution in [0.2, 0.25) is 0 Å². The van der Waals surface area contributed by atoms with Crippen LogP contribution in [0.3, 0.4) is 0 Å². The van der Waals surface area contributed by atoms with Crippen molar-refractivity contribution in [2.45, 2.75) is 0 Å². The number of benzene rings is 2. The smallest absolute Gasteiger partial charge is 0.250 e. The number of nitrogens with one attached hydrogen (secondary N) is 1. The number of rotatable bonds is 3. The fourth-order valence-electron chi connectivity index (χ4n) is 1.74. The Morgan fingerprint density at radius 3 is 2.71 bits per heavy atom. The molecule has 4 nitrogen and oxygen atoms in total. The molecule has 0 heterocycles. The van der Waals surface area contributed by atoms with Gasteiger partial charge in [0.1, 0.15) is 12.4 Å². The van der Waals surface area contributed by atoms with E-state index in [1.807, 2.05) is 18.2 Å². The molecule has 0 aliphatic heterocycles. The first-order valence-electron chi connectivity index (χ1n) is 5.22. The predicted octanol–water partition coefficient (Wildman–Crippen LogP) is 2.13. The second kappa shape index (κ2) is 4.84. The molecular weight excluding hydrogens is 218 g/mol. The third-order valence-corrected chi connectivity index (χ3v) is 2.43. The summed E-state index contributed by atoms with van der Waals surface area (Å²) in [6.07, 6.45) is 0. The Bertz CT molecular complexity index is 546. The minimum Gasteiger partial charge on any atom is -0.507 e. The number of hydrogen-bond acceptors (Lipinski definition) is 3. The molecule has 4 heteroatoms. The molecule has 0 saturated carbocycles. The van der Waals surface area contributed by atoms with Gasteiger partial charge in [0, 0.05) is 12.5 Å². The minimum atomic E-state index is -0.247. The van der Waals surface area contributed by atoms with Gasteiger partial charge in [0.2, 0.25) is 5.91 Å². The van der Waals surface area contributed by atoms with Crippen molar-refractivity contribution in [3.63, 3.8) is 0 Å². The molecule has 2 N–H and O–H groups in total. The van der Waals surface area contributed by atoms with E-state index in [0.717, 1.165) is 5.39 Å². The highest BCUT2D eigenvalue weighted by atomic mass is 16.5. The number of hydrogen-bond donors (Lipinski definition) is 2. The van der Waals surface area contributed by atoms with Gasteiger partial charge in [0.15, 0.2) is 0 Å². The monoisotopic (exact) mass is 231 g/mol. The molecule has 2 aromatic rings. The van der Waals surface area contributed by atoms with E-state index in [4.69, 9.17) is 4.74 Å². The minimum absolute atomic E-state index is 0.00994. The van der Waals surface area contributed by atoms with Crippen LogP contribution in [0.5, 0.6) is 5.75 Å². The molecular formula is C13H13NO3. The van der Waals surface area contributed by atoms with Crippen LogP contribution in [0, 0.1) is 0 Å². The second-order valence-corrected chi connectivity index (χ2v) is 3.66. The lowest BCUT2D eigenvalue weighted by molar-refractivity contribution is -0.119. The van der Waals surface area contributed by atoms with E-state index in [9.17, 15) is 9.90 Å². The van der Waals surface area contributed by atoms with Gasteiger partial charge in [-0.2, -0.15) is 0 Å². The normalized spacial score (nSPS) is 10.4. The molecule has 0 aliphatic carbocycles. The Kier molecular flexibility index (Phi) is 3.25. The number of aromatic hydroxyl groups is 1. The number of phenolic OH excluding ortho intramolecular Hbond substituents is 1. The highest BCUT2D eigenvalue weighted by molar-refractivity contribution is 6.05. The molecule has 0 atom stereocenters. The number of amides is 1. The molecule has 0 aliphatic rings. The zero-order valence-corrected chi connectivity index (χ0v) is 9.43. The van der Waals surface area contributed by atoms with E-state index in [2.05, 4.69) is 5.32 Å². The molecule has 0 aromatic heterocycles. The number of carbonyl (C=O) groups excluding carboxylic acids is 1. The summed E-state index contributed by atoms with van der Waals surface area (Å²) in [6.45, 7) is -0.00994. The highest BCUT2D eigenvalue weighted by Gasteiger charge is 2.08. The zero-order valence-electron chi connectivity index (χ0n) is 9.43. The van der Waals surface area contributed by atoms with Crippen molar-refractivity contribution in [2.75, 3.05) is 19.0 Å². The van der Waals surface area contributed by atoms with Crippen LogP contribution in [0.25, 0.3) is 10.8 Å². The summed E-state index contributed by atoms with van der Waals surface area (Å²) in [5.74, 6) is -0.0981. The number of phenols is 1. The third-order valence-electron chi connectivity index (χ3n) is 2.43. The van der Waals surface area contributed by atoms with Crippen molar-refractivity contribution in [3.05, 3.63) is 36.4 Å². The molecule has 17 heavy (non-hydrogen) atoms. The fourth-order valence-corrected chi connectivity index (χ4v) is 1.74. The van der Waals surface area contributed by atoms with Crippen LogP contribution in [0.4, 0.5) is 5.69 Å². The van der Waals surface area contributed by atoms with Crippen molar-refractivity contribution < 1.29 is 14.6 Å². The van der Waals surface area contributed by atoms with Crippen molar-refractivity contribution in [3.8, 4) is 5.75 Å². The van der Waals surface area contributed by atoms with Crippen LogP contribution in [0.1, 0.15) is 0 Å². The SMILES string of the molecule is COCC(=O)Nc1cccc2cccc(O)c12. The maximum Gasteiger partial charge on any atom is 0.250 e. The van der Waals surface area contributed by atoms with E-state index in [1.54, 1.807) is 18.2 Å². The quantitative estimate of drug-likeness (QED) is 0.850. The average Bonchev–Trinajstić information content (AvgIpc) is 2.29. The summed E-state index contributed by atoms with van der Waals surface area (Å²) in [6, 6.07) is 10.7. The van der Waals surface area contributed by atoms with Gasteiger partial charge in [-0.1, -0.05) is 24.3 Å². The largest absolute Gasteiger partial charge is 0.507 e. The maximum absolute atomic E-state index is 11.4. The fraction of sp³-hybridized carbons (Fsp3) is 0.154. The number of anilines is 1. The van der Waals surface area contributed by atoms with Crippen molar-refractivity contribution in [1.29, 1.82) is 0 Å². The third kappa shape index (κ3) is 2.37. The van der Waals surface area contributed by atoms with Gasteiger partial charge in [-0.25, -0.2) is 0 Å². The van der Waals surface area contributed by atoms with Crippen LogP contribution in [-0.2, 0) is 9.53 Å². The van der Waals surface area contributed by atoms with Gasteiger partial charge in [0.05, 0.1) is 5.69 Å². The molecule has 2 rings (SSSR count). The molecule has 0 bridgehead atoms. The summed E-state index contributed by atoms with van der Waals surface area (Å²) in [7, 11) is 1.46. The summed E-state index contributed by atoms with van der Waals surface area (Å²) in [4.78, 5) is 11.4. The number of ether oxygens (including phenoxy) is 1. The van der Waals surface area contributed by atoms with E-state index < -0.39 is 0 Å². The molecule has 0 saturated heterocycles. The first kappa shape index (κ1) is 11.4. The van der Waals surface area contributed by atoms with E-state index in [0.29, 0.717) is 11.1 Å². The van der Waals surface area contributed by atoms with Crippen LogP contribution < -0.4 is 5.32 Å². The van der Waals surface area contributed by atoms with E-state index in [1.165, 1.54) is 7.11 Å². The lowest BCUT2D eigenvalue weighted by Gasteiger charge is -2.09. The molecule has 0 radical (unpaired) electrons. The van der Waals surface area contributed by atoms with Crippen molar-refractivity contribution in [2.24, 2.45) is 0 Å². The summed E-state index contributed by atoms with van der Waals surface area (Å²) in [5.41, 5.74) is 0.586. The molecule has 88 valence electrons. The number of carbonyl (C=O) groups is 1. The van der Waals surface area contributed by atoms with Gasteiger partial charge in [-0.3, -0.25) is 4.79 Å². The van der Waals surface area contributed by atoms with Crippen molar-refractivity contribution >= 4 is 22.4 Å². The molecule has 2 aromatic carbocycles. The van der Waals surface area contributed by atoms with Crippen LogP contribution in [-0.4, -0.2) is 24.7 Å². The first-order valence-corrected chi connectivity index (χ1v) is 5.22. The summed E-state index contributed by atoms with van der Waals surface area (Å²) < 4.78 is 4.74. The lowest BCUT2D eigenvalue weighted by atomic mass is 10.1. The standard InChI is InChI=1S/C13H13NO3/c1-17-8-12(16)14-10-6-2-4-9-5-3-7-11(15)13(9)10/h2-7,15H,8H2,1H3,(H,14,16). The topological polar surface area (TPSA) is 58.6 Å². The van der Waals surface area contributed by atoms with Crippen molar-refractivity contribution in [1.82, 2.24) is 0 Å². The molecule has 0 spiro atoms. The zero-order chi connectivity index (χ0) is 12.3. The van der Waals surface area contributed by atoms with Gasteiger partial charge in [0.25, 0.3) is 0 Å². The molecule has 1 amide bonds. The maximum atomic E-state index is 11.4. The Morgan fingerprint density at radius 2 is 2.00 bits per heavy atom. The Morgan fingerprint density at radius 1 is 1.29 bits per heavy atom. The van der Waals surface area contributed by atoms with Crippen LogP contribution >= 0.6 is 0 Å². The second-order valence-electron chi connectivity index (χ2n) is 3.66. The number of fused-ring (bicyclic) bond motifs is 1. The van der Waals surface area contributed by atoms with Crippen LogP contribution in [0.15, 0.2) is 36.4 Å². The Labute approximate surface area is 98.8 Å². The Balaban J connectivity index is 2.43. The lowest BCUT2D eigenvalue weighted by Crippen LogP contribution is -2.17. The first-order chi connectivity index (χ1) is 8.22. The Hall–Kier alpha value is -2.07. The summed E-state index contributed by atoms with van der Waals surface area (Å²) >= 11 is 0.